The van der Waals surface area contributed by atoms with Gasteiger partial charge in [0.15, 0.2) is 5.82 Å². The van der Waals surface area contributed by atoms with Crippen LogP contribution in [0.4, 0.5) is 11.5 Å². The topological polar surface area (TPSA) is 71.5 Å². The Labute approximate surface area is 184 Å². The van der Waals surface area contributed by atoms with Crippen LogP contribution in [-0.2, 0) is 9.47 Å². The number of methoxy groups -OCH3 is 1. The first-order valence-electron chi connectivity index (χ1n) is 10.6. The lowest BCUT2D eigenvalue weighted by Gasteiger charge is -2.26. The Hall–Kier alpha value is -2.68. The summed E-state index contributed by atoms with van der Waals surface area (Å²) in [7, 11) is 3.72. The maximum Gasteiger partial charge on any atom is 0.217 e. The zero-order chi connectivity index (χ0) is 21.9. The fourth-order valence-electron chi connectivity index (χ4n) is 3.23. The van der Waals surface area contributed by atoms with Gasteiger partial charge >= 0.3 is 0 Å². The van der Waals surface area contributed by atoms with Crippen molar-refractivity contribution in [3.63, 3.8) is 0 Å². The Morgan fingerprint density at radius 3 is 2.84 bits per heavy atom. The normalized spacial score (nSPS) is 14.7. The first-order valence-corrected chi connectivity index (χ1v) is 10.6. The lowest BCUT2D eigenvalue weighted by Crippen LogP contribution is -2.38. The van der Waals surface area contributed by atoms with Crippen LogP contribution < -0.4 is 15.1 Å². The van der Waals surface area contributed by atoms with E-state index < -0.39 is 0 Å². The monoisotopic (exact) mass is 427 g/mol. The molecule has 0 spiro atoms. The van der Waals surface area contributed by atoms with E-state index >= 15 is 0 Å². The lowest BCUT2D eigenvalue weighted by atomic mass is 10.2. The minimum absolute atomic E-state index is 0.572. The standard InChI is InChI=1S/C23H33N5O3/c1-19-5-4-6-20(15-19)18-24-26-22-16-21(27(2)7-11-29-3)17-23(25-22)31-14-10-28-8-12-30-13-9-28/h4-6,15-18H,7-14H2,1-3H3,(H,25,26). The number of pyridine rings is 1. The van der Waals surface area contributed by atoms with Gasteiger partial charge < -0.3 is 19.1 Å². The van der Waals surface area contributed by atoms with Crippen LogP contribution >= 0.6 is 0 Å². The van der Waals surface area contributed by atoms with E-state index in [1.165, 1.54) is 5.56 Å². The number of rotatable bonds is 11. The third kappa shape index (κ3) is 7.82. The van der Waals surface area contributed by atoms with Crippen LogP contribution in [0.3, 0.4) is 0 Å². The molecule has 3 rings (SSSR count). The third-order valence-electron chi connectivity index (χ3n) is 5.05. The fraction of sp³-hybridized carbons (Fsp3) is 0.478. The second-order valence-corrected chi connectivity index (χ2v) is 7.55. The molecule has 2 aromatic rings. The summed E-state index contributed by atoms with van der Waals surface area (Å²) in [6, 6.07) is 12.1. The van der Waals surface area contributed by atoms with E-state index in [-0.39, 0.29) is 0 Å². The number of morpholine rings is 1. The summed E-state index contributed by atoms with van der Waals surface area (Å²) in [5.74, 6) is 1.20. The Morgan fingerprint density at radius 2 is 2.06 bits per heavy atom. The molecule has 0 aliphatic carbocycles. The van der Waals surface area contributed by atoms with E-state index in [0.717, 1.165) is 50.6 Å². The van der Waals surface area contributed by atoms with Crippen molar-refractivity contribution in [2.45, 2.75) is 6.92 Å². The highest BCUT2D eigenvalue weighted by atomic mass is 16.5. The molecule has 2 heterocycles. The number of nitrogens with one attached hydrogen (secondary N) is 1. The van der Waals surface area contributed by atoms with Gasteiger partial charge in [0.25, 0.3) is 0 Å². The quantitative estimate of drug-likeness (QED) is 0.437. The second kappa shape index (κ2) is 12.2. The summed E-state index contributed by atoms with van der Waals surface area (Å²) >= 11 is 0. The SMILES string of the molecule is COCCN(C)c1cc(NN=Cc2cccc(C)c2)nc(OCCN2CCOCC2)c1. The number of anilines is 2. The number of likely N-dealkylation sites (N-methyl/N-ethyl adjacent to an activating group) is 1. The number of nitrogens with zero attached hydrogens (tertiary/aromatic N) is 4. The van der Waals surface area contributed by atoms with Crippen molar-refractivity contribution in [2.75, 3.05) is 77.1 Å². The number of hydrazone groups is 1. The summed E-state index contributed by atoms with van der Waals surface area (Å²) in [6.45, 7) is 8.34. The fourth-order valence-corrected chi connectivity index (χ4v) is 3.23. The molecule has 31 heavy (non-hydrogen) atoms. The zero-order valence-corrected chi connectivity index (χ0v) is 18.7. The molecule has 1 saturated heterocycles. The highest BCUT2D eigenvalue weighted by Crippen LogP contribution is 2.23. The molecular formula is C23H33N5O3. The highest BCUT2D eigenvalue weighted by molar-refractivity contribution is 5.80. The molecule has 8 nitrogen and oxygen atoms in total. The van der Waals surface area contributed by atoms with Gasteiger partial charge in [-0.15, -0.1) is 0 Å². The van der Waals surface area contributed by atoms with E-state index in [9.17, 15) is 0 Å². The average Bonchev–Trinajstić information content (AvgIpc) is 2.78. The largest absolute Gasteiger partial charge is 0.476 e. The predicted molar refractivity (Wildman–Crippen MR) is 125 cm³/mol. The molecule has 0 atom stereocenters. The van der Waals surface area contributed by atoms with E-state index in [0.29, 0.717) is 24.9 Å². The molecular weight excluding hydrogens is 394 g/mol. The zero-order valence-electron chi connectivity index (χ0n) is 18.7. The summed E-state index contributed by atoms with van der Waals surface area (Å²) in [5.41, 5.74) is 6.25. The van der Waals surface area contributed by atoms with Crippen molar-refractivity contribution < 1.29 is 14.2 Å². The molecule has 0 amide bonds. The molecule has 0 radical (unpaired) electrons. The van der Waals surface area contributed by atoms with Crippen molar-refractivity contribution in [1.82, 2.24) is 9.88 Å². The van der Waals surface area contributed by atoms with Gasteiger partial charge in [0, 0.05) is 58.2 Å². The Bertz CT molecular complexity index is 840. The van der Waals surface area contributed by atoms with Crippen LogP contribution in [0, 0.1) is 6.92 Å². The van der Waals surface area contributed by atoms with Crippen molar-refractivity contribution >= 4 is 17.7 Å². The van der Waals surface area contributed by atoms with E-state index in [1.807, 2.05) is 31.3 Å². The average molecular weight is 428 g/mol. The highest BCUT2D eigenvalue weighted by Gasteiger charge is 2.11. The minimum Gasteiger partial charge on any atom is -0.476 e. The van der Waals surface area contributed by atoms with Crippen LogP contribution in [0.2, 0.25) is 0 Å². The molecule has 1 aromatic heterocycles. The van der Waals surface area contributed by atoms with Crippen LogP contribution in [-0.4, -0.2) is 82.9 Å². The minimum atomic E-state index is 0.572. The molecule has 1 N–H and O–H groups in total. The van der Waals surface area contributed by atoms with Crippen molar-refractivity contribution in [1.29, 1.82) is 0 Å². The van der Waals surface area contributed by atoms with Crippen LogP contribution in [0.15, 0.2) is 41.5 Å². The molecule has 0 saturated carbocycles. The second-order valence-electron chi connectivity index (χ2n) is 7.55. The van der Waals surface area contributed by atoms with Crippen LogP contribution in [0.5, 0.6) is 5.88 Å². The number of aromatic nitrogens is 1. The lowest BCUT2D eigenvalue weighted by molar-refractivity contribution is 0.0320. The smallest absolute Gasteiger partial charge is 0.217 e. The van der Waals surface area contributed by atoms with Crippen molar-refractivity contribution in [3.8, 4) is 5.88 Å². The Balaban J connectivity index is 1.66. The molecule has 0 bridgehead atoms. The van der Waals surface area contributed by atoms with Crippen molar-refractivity contribution in [2.24, 2.45) is 5.10 Å². The van der Waals surface area contributed by atoms with Gasteiger partial charge in [0.1, 0.15) is 6.61 Å². The molecule has 1 aromatic carbocycles. The van der Waals surface area contributed by atoms with Crippen LogP contribution in [0.25, 0.3) is 0 Å². The molecule has 1 fully saturated rings. The van der Waals surface area contributed by atoms with E-state index in [1.54, 1.807) is 13.3 Å². The van der Waals surface area contributed by atoms with E-state index in [4.69, 9.17) is 14.2 Å². The van der Waals surface area contributed by atoms with Crippen molar-refractivity contribution in [3.05, 3.63) is 47.5 Å². The van der Waals surface area contributed by atoms with Gasteiger partial charge in [0.05, 0.1) is 26.0 Å². The summed E-state index contributed by atoms with van der Waals surface area (Å²) < 4.78 is 16.6. The first-order chi connectivity index (χ1) is 15.1. The summed E-state index contributed by atoms with van der Waals surface area (Å²) in [4.78, 5) is 9.02. The van der Waals surface area contributed by atoms with Gasteiger partial charge in [0.2, 0.25) is 5.88 Å². The predicted octanol–water partition coefficient (Wildman–Crippen LogP) is 2.63. The molecule has 1 aliphatic rings. The Morgan fingerprint density at radius 1 is 1.23 bits per heavy atom. The number of ether oxygens (including phenoxy) is 3. The number of benzene rings is 1. The van der Waals surface area contributed by atoms with E-state index in [2.05, 4.69) is 44.4 Å². The molecule has 168 valence electrons. The number of hydrogen-bond acceptors (Lipinski definition) is 8. The molecule has 1 aliphatic heterocycles. The molecule has 0 unspecified atom stereocenters. The third-order valence-corrected chi connectivity index (χ3v) is 5.05. The maximum absolute atomic E-state index is 5.98. The van der Waals surface area contributed by atoms with Gasteiger partial charge in [-0.25, -0.2) is 0 Å². The van der Waals surface area contributed by atoms with Gasteiger partial charge in [-0.1, -0.05) is 29.8 Å². The van der Waals surface area contributed by atoms with Gasteiger partial charge in [-0.3, -0.25) is 10.3 Å². The maximum atomic E-state index is 5.98. The molecule has 8 heteroatoms. The summed E-state index contributed by atoms with van der Waals surface area (Å²) in [5, 5.41) is 4.35. The number of aryl methyl sites for hydroxylation is 1. The first kappa shape index (κ1) is 23.0. The van der Waals surface area contributed by atoms with Gasteiger partial charge in [-0.05, 0) is 12.5 Å². The number of hydrogen-bond donors (Lipinski definition) is 1. The van der Waals surface area contributed by atoms with Crippen LogP contribution in [0.1, 0.15) is 11.1 Å². The summed E-state index contributed by atoms with van der Waals surface area (Å²) in [6.07, 6.45) is 1.79. The Kier molecular flexibility index (Phi) is 9.08. The van der Waals surface area contributed by atoms with Gasteiger partial charge in [-0.2, -0.15) is 10.1 Å².